The molecule has 3 heterocycles. The fourth-order valence-corrected chi connectivity index (χ4v) is 4.43. The number of fused-ring (bicyclic) bond motifs is 3. The van der Waals surface area contributed by atoms with Gasteiger partial charge in [-0.1, -0.05) is 0 Å². The Labute approximate surface area is 182 Å². The first-order chi connectivity index (χ1) is 15.2. The number of aliphatic hydroxyl groups excluding tert-OH is 1. The molecule has 1 N–H and O–H groups in total. The van der Waals surface area contributed by atoms with E-state index in [-0.39, 0.29) is 13.2 Å². The number of ether oxygens (including phenoxy) is 3. The molecule has 0 spiro atoms. The van der Waals surface area contributed by atoms with Crippen LogP contribution in [0.25, 0.3) is 22.3 Å². The summed E-state index contributed by atoms with van der Waals surface area (Å²) in [7, 11) is 3.27. The van der Waals surface area contributed by atoms with Crippen LogP contribution in [0.3, 0.4) is 0 Å². The second kappa shape index (κ2) is 8.18. The number of methoxy groups -OCH3 is 2. The summed E-state index contributed by atoms with van der Waals surface area (Å²) in [5, 5.41) is 16.5. The highest BCUT2D eigenvalue weighted by atomic mass is 32.2. The van der Waals surface area contributed by atoms with Crippen molar-refractivity contribution in [2.45, 2.75) is 16.4 Å². The van der Waals surface area contributed by atoms with Gasteiger partial charge in [-0.25, -0.2) is 14.6 Å². The lowest BCUT2D eigenvalue weighted by molar-refractivity contribution is -0.00453. The van der Waals surface area contributed by atoms with Crippen LogP contribution >= 0.6 is 11.8 Å². The molecule has 1 aliphatic rings. The SMILES string of the molecule is COc1ccc(-c2nc3n(n2)C(OCCO)c2cc4cc(OC)ccc4nc2S3)cc1. The highest BCUT2D eigenvalue weighted by Crippen LogP contribution is 2.42. The van der Waals surface area contributed by atoms with Gasteiger partial charge in [0.15, 0.2) is 17.2 Å². The number of aromatic nitrogens is 4. The van der Waals surface area contributed by atoms with E-state index < -0.39 is 6.23 Å². The Morgan fingerprint density at radius 3 is 2.52 bits per heavy atom. The summed E-state index contributed by atoms with van der Waals surface area (Å²) in [6, 6.07) is 15.4. The van der Waals surface area contributed by atoms with E-state index in [0.29, 0.717) is 11.0 Å². The molecule has 0 aliphatic carbocycles. The monoisotopic (exact) mass is 436 g/mol. The van der Waals surface area contributed by atoms with Crippen molar-refractivity contribution >= 4 is 22.7 Å². The highest BCUT2D eigenvalue weighted by Gasteiger charge is 2.31. The fraction of sp³-hybridized carbons (Fsp3) is 0.227. The highest BCUT2D eigenvalue weighted by molar-refractivity contribution is 7.99. The van der Waals surface area contributed by atoms with Crippen molar-refractivity contribution in [1.82, 2.24) is 19.7 Å². The second-order valence-electron chi connectivity index (χ2n) is 6.88. The van der Waals surface area contributed by atoms with Crippen LogP contribution in [-0.2, 0) is 4.74 Å². The minimum Gasteiger partial charge on any atom is -0.497 e. The van der Waals surface area contributed by atoms with Crippen LogP contribution in [-0.4, -0.2) is 52.3 Å². The molecule has 4 aromatic rings. The first kappa shape index (κ1) is 19.8. The van der Waals surface area contributed by atoms with E-state index >= 15 is 0 Å². The number of nitrogens with zero attached hydrogens (tertiary/aromatic N) is 4. The van der Waals surface area contributed by atoms with Crippen LogP contribution in [0.2, 0.25) is 0 Å². The first-order valence-corrected chi connectivity index (χ1v) is 10.5. The van der Waals surface area contributed by atoms with Crippen LogP contribution in [0, 0.1) is 0 Å². The van der Waals surface area contributed by atoms with E-state index in [4.69, 9.17) is 29.3 Å². The number of benzene rings is 2. The molecule has 158 valence electrons. The summed E-state index contributed by atoms with van der Waals surface area (Å²) in [5.41, 5.74) is 2.60. The molecule has 0 saturated heterocycles. The lowest BCUT2D eigenvalue weighted by atomic mass is 10.1. The zero-order valence-electron chi connectivity index (χ0n) is 17.0. The van der Waals surface area contributed by atoms with Crippen LogP contribution in [0.4, 0.5) is 0 Å². The smallest absolute Gasteiger partial charge is 0.195 e. The van der Waals surface area contributed by atoms with Crippen molar-refractivity contribution in [3.8, 4) is 22.9 Å². The Balaban J connectivity index is 1.60. The number of rotatable bonds is 6. The quantitative estimate of drug-likeness (QED) is 0.491. The van der Waals surface area contributed by atoms with E-state index in [1.54, 1.807) is 18.9 Å². The molecule has 5 rings (SSSR count). The molecule has 31 heavy (non-hydrogen) atoms. The van der Waals surface area contributed by atoms with Crippen LogP contribution < -0.4 is 9.47 Å². The Morgan fingerprint density at radius 2 is 1.77 bits per heavy atom. The van der Waals surface area contributed by atoms with E-state index in [2.05, 4.69) is 0 Å². The van der Waals surface area contributed by atoms with Crippen molar-refractivity contribution < 1.29 is 19.3 Å². The molecule has 0 amide bonds. The number of hydrogen-bond donors (Lipinski definition) is 1. The van der Waals surface area contributed by atoms with Gasteiger partial charge in [0.05, 0.1) is 33.0 Å². The first-order valence-electron chi connectivity index (χ1n) is 9.70. The van der Waals surface area contributed by atoms with E-state index in [1.807, 2.05) is 48.5 Å². The third-order valence-corrected chi connectivity index (χ3v) is 5.99. The molecular weight excluding hydrogens is 416 g/mol. The molecule has 9 heteroatoms. The van der Waals surface area contributed by atoms with Gasteiger partial charge in [0.25, 0.3) is 0 Å². The molecule has 2 aromatic carbocycles. The fourth-order valence-electron chi connectivity index (χ4n) is 3.48. The third-order valence-electron chi connectivity index (χ3n) is 5.01. The normalized spacial score (nSPS) is 14.9. The molecule has 0 fully saturated rings. The number of pyridine rings is 1. The van der Waals surface area contributed by atoms with Crippen LogP contribution in [0.15, 0.2) is 58.7 Å². The van der Waals surface area contributed by atoms with Crippen molar-refractivity contribution in [3.63, 3.8) is 0 Å². The van der Waals surface area contributed by atoms with Gasteiger partial charge < -0.3 is 19.3 Å². The lowest BCUT2D eigenvalue weighted by Gasteiger charge is -2.25. The Kier molecular flexibility index (Phi) is 5.23. The Hall–Kier alpha value is -3.14. The van der Waals surface area contributed by atoms with Gasteiger partial charge in [-0.2, -0.15) is 0 Å². The maximum absolute atomic E-state index is 9.35. The summed E-state index contributed by atoms with van der Waals surface area (Å²) in [5.74, 6) is 2.11. The van der Waals surface area contributed by atoms with Crippen LogP contribution in [0.1, 0.15) is 11.8 Å². The molecular formula is C22H20N4O4S. The van der Waals surface area contributed by atoms with Gasteiger partial charge in [-0.3, -0.25) is 0 Å². The van der Waals surface area contributed by atoms with E-state index in [0.717, 1.165) is 38.6 Å². The second-order valence-corrected chi connectivity index (χ2v) is 7.84. The summed E-state index contributed by atoms with van der Waals surface area (Å²) in [6.45, 7) is 0.0747. The van der Waals surface area contributed by atoms with Gasteiger partial charge in [0.2, 0.25) is 0 Å². The van der Waals surface area contributed by atoms with E-state index in [1.165, 1.54) is 11.8 Å². The largest absolute Gasteiger partial charge is 0.497 e. The molecule has 0 bridgehead atoms. The van der Waals surface area contributed by atoms with Crippen molar-refractivity contribution in [2.75, 3.05) is 27.4 Å². The minimum atomic E-state index is -0.541. The molecule has 2 aromatic heterocycles. The maximum atomic E-state index is 9.35. The van der Waals surface area contributed by atoms with Gasteiger partial charge in [-0.15, -0.1) is 5.10 Å². The Bertz CT molecular complexity index is 1240. The summed E-state index contributed by atoms with van der Waals surface area (Å²) in [4.78, 5) is 9.53. The molecule has 1 aliphatic heterocycles. The standard InChI is InChI=1S/C22H20N4O4S/c1-28-15-5-3-13(4-6-15)19-24-22-26(25-19)21(30-10-9-27)17-12-14-11-16(29-2)7-8-18(14)23-20(17)31-22/h3-8,11-12,21,27H,9-10H2,1-2H3. The van der Waals surface area contributed by atoms with Crippen molar-refractivity contribution in [3.05, 3.63) is 54.1 Å². The van der Waals surface area contributed by atoms with Crippen molar-refractivity contribution in [1.29, 1.82) is 0 Å². The molecule has 1 unspecified atom stereocenters. The number of hydrogen-bond acceptors (Lipinski definition) is 8. The predicted octanol–water partition coefficient (Wildman–Crippen LogP) is 3.53. The average Bonchev–Trinajstić information content (AvgIpc) is 3.24. The Morgan fingerprint density at radius 1 is 1.00 bits per heavy atom. The molecule has 0 saturated carbocycles. The molecule has 1 atom stereocenters. The zero-order valence-corrected chi connectivity index (χ0v) is 17.8. The predicted molar refractivity (Wildman–Crippen MR) is 116 cm³/mol. The summed E-state index contributed by atoms with van der Waals surface area (Å²) < 4.78 is 18.3. The molecule has 0 radical (unpaired) electrons. The summed E-state index contributed by atoms with van der Waals surface area (Å²) >= 11 is 1.45. The number of aliphatic hydroxyl groups is 1. The minimum absolute atomic E-state index is 0.0941. The van der Waals surface area contributed by atoms with Gasteiger partial charge in [0, 0.05) is 16.5 Å². The maximum Gasteiger partial charge on any atom is 0.195 e. The average molecular weight is 436 g/mol. The van der Waals surface area contributed by atoms with Gasteiger partial charge in [-0.05, 0) is 60.3 Å². The molecule has 8 nitrogen and oxygen atoms in total. The van der Waals surface area contributed by atoms with Gasteiger partial charge >= 0.3 is 0 Å². The zero-order chi connectivity index (χ0) is 21.4. The van der Waals surface area contributed by atoms with Crippen molar-refractivity contribution in [2.24, 2.45) is 0 Å². The van der Waals surface area contributed by atoms with E-state index in [9.17, 15) is 5.11 Å². The van der Waals surface area contributed by atoms with Gasteiger partial charge in [0.1, 0.15) is 16.5 Å². The topological polar surface area (TPSA) is 91.5 Å². The lowest BCUT2D eigenvalue weighted by Crippen LogP contribution is -2.22. The van der Waals surface area contributed by atoms with Crippen LogP contribution in [0.5, 0.6) is 11.5 Å². The summed E-state index contributed by atoms with van der Waals surface area (Å²) in [6.07, 6.45) is -0.541. The third kappa shape index (κ3) is 3.60.